The first kappa shape index (κ1) is 15.6. The summed E-state index contributed by atoms with van der Waals surface area (Å²) in [6.45, 7) is 14.9. The predicted octanol–water partition coefficient (Wildman–Crippen LogP) is 5.60. The zero-order chi connectivity index (χ0) is 15.3. The molecule has 1 heterocycles. The molecule has 0 N–H and O–H groups in total. The first-order chi connectivity index (χ1) is 9.82. The van der Waals surface area contributed by atoms with Crippen LogP contribution in [0.3, 0.4) is 0 Å². The van der Waals surface area contributed by atoms with Crippen molar-refractivity contribution in [1.82, 2.24) is 0 Å². The molecule has 0 amide bonds. The summed E-state index contributed by atoms with van der Waals surface area (Å²) < 4.78 is 6.51. The maximum atomic E-state index is 6.51. The highest BCUT2D eigenvalue weighted by Crippen LogP contribution is 2.64. The van der Waals surface area contributed by atoms with Gasteiger partial charge in [0.2, 0.25) is 0 Å². The van der Waals surface area contributed by atoms with Gasteiger partial charge in [0, 0.05) is 0 Å². The lowest BCUT2D eigenvalue weighted by molar-refractivity contribution is -0.186. The van der Waals surface area contributed by atoms with Crippen molar-refractivity contribution in [1.29, 1.82) is 0 Å². The molecule has 3 aliphatic rings. The van der Waals surface area contributed by atoms with Gasteiger partial charge in [-0.15, -0.1) is 6.58 Å². The van der Waals surface area contributed by atoms with E-state index in [9.17, 15) is 0 Å². The van der Waals surface area contributed by atoms with E-state index in [1.807, 2.05) is 0 Å². The summed E-state index contributed by atoms with van der Waals surface area (Å²) in [6, 6.07) is 0. The zero-order valence-corrected chi connectivity index (χ0v) is 14.6. The third-order valence-corrected chi connectivity index (χ3v) is 7.53. The van der Waals surface area contributed by atoms with Gasteiger partial charge in [-0.1, -0.05) is 33.3 Å². The average Bonchev–Trinajstić information content (AvgIpc) is 2.57. The Morgan fingerprint density at radius 3 is 2.43 bits per heavy atom. The molecule has 0 bridgehead atoms. The summed E-state index contributed by atoms with van der Waals surface area (Å²) in [7, 11) is 0. The van der Waals surface area contributed by atoms with Crippen molar-refractivity contribution in [2.45, 2.75) is 78.2 Å². The van der Waals surface area contributed by atoms with Crippen LogP contribution in [0.4, 0.5) is 0 Å². The van der Waals surface area contributed by atoms with Crippen molar-refractivity contribution in [3.8, 4) is 0 Å². The summed E-state index contributed by atoms with van der Waals surface area (Å²) >= 11 is 0. The Morgan fingerprint density at radius 2 is 1.71 bits per heavy atom. The highest BCUT2D eigenvalue weighted by molar-refractivity contribution is 5.09. The average molecular weight is 290 g/mol. The second-order valence-electron chi connectivity index (χ2n) is 9.19. The molecular weight excluding hydrogens is 256 g/mol. The van der Waals surface area contributed by atoms with Crippen molar-refractivity contribution >= 4 is 0 Å². The van der Waals surface area contributed by atoms with Crippen LogP contribution >= 0.6 is 0 Å². The van der Waals surface area contributed by atoms with Crippen LogP contribution in [0.2, 0.25) is 0 Å². The van der Waals surface area contributed by atoms with Gasteiger partial charge in [0.05, 0.1) is 12.2 Å². The van der Waals surface area contributed by atoms with Gasteiger partial charge in [-0.2, -0.15) is 0 Å². The normalized spacial score (nSPS) is 49.6. The van der Waals surface area contributed by atoms with Crippen LogP contribution < -0.4 is 0 Å². The van der Waals surface area contributed by atoms with Crippen molar-refractivity contribution in [2.24, 2.45) is 28.6 Å². The molecular formula is C20H34O. The van der Waals surface area contributed by atoms with Crippen molar-refractivity contribution in [3.63, 3.8) is 0 Å². The maximum Gasteiger partial charge on any atom is 0.0688 e. The molecule has 120 valence electrons. The Labute approximate surface area is 131 Å². The van der Waals surface area contributed by atoms with Gasteiger partial charge in [0.15, 0.2) is 0 Å². The van der Waals surface area contributed by atoms with E-state index >= 15 is 0 Å². The number of hydrogen-bond donors (Lipinski definition) is 0. The van der Waals surface area contributed by atoms with Crippen LogP contribution in [0.15, 0.2) is 12.7 Å². The van der Waals surface area contributed by atoms with Gasteiger partial charge in [-0.3, -0.25) is 0 Å². The second-order valence-corrected chi connectivity index (χ2v) is 9.19. The first-order valence-corrected chi connectivity index (χ1v) is 9.08. The maximum absolute atomic E-state index is 6.51. The number of fused-ring (bicyclic) bond motifs is 3. The SMILES string of the molecule is C=CC1CCC2C(C)(CCC3C(C)(C)CCCC32C)OC1. The highest BCUT2D eigenvalue weighted by Gasteiger charge is 2.59. The monoisotopic (exact) mass is 290 g/mol. The quantitative estimate of drug-likeness (QED) is 0.571. The van der Waals surface area contributed by atoms with Gasteiger partial charge in [0.1, 0.15) is 0 Å². The van der Waals surface area contributed by atoms with Crippen LogP contribution in [0.5, 0.6) is 0 Å². The molecule has 1 aliphatic heterocycles. The largest absolute Gasteiger partial charge is 0.374 e. The van der Waals surface area contributed by atoms with E-state index in [0.717, 1.165) is 18.4 Å². The fourth-order valence-electron chi connectivity index (χ4n) is 6.36. The van der Waals surface area contributed by atoms with Gasteiger partial charge in [-0.05, 0) is 74.0 Å². The van der Waals surface area contributed by atoms with E-state index in [-0.39, 0.29) is 5.60 Å². The minimum atomic E-state index is 0.108. The fourth-order valence-corrected chi connectivity index (χ4v) is 6.36. The molecule has 2 saturated carbocycles. The molecule has 3 fully saturated rings. The molecule has 0 aromatic rings. The van der Waals surface area contributed by atoms with Gasteiger partial charge in [-0.25, -0.2) is 0 Å². The molecule has 0 aromatic heterocycles. The van der Waals surface area contributed by atoms with Crippen molar-refractivity contribution in [3.05, 3.63) is 12.7 Å². The Balaban J connectivity index is 1.93. The zero-order valence-electron chi connectivity index (χ0n) is 14.6. The van der Waals surface area contributed by atoms with E-state index in [2.05, 4.69) is 40.3 Å². The van der Waals surface area contributed by atoms with Gasteiger partial charge in [0.25, 0.3) is 0 Å². The molecule has 1 heteroatoms. The lowest BCUT2D eigenvalue weighted by atomic mass is 9.45. The Kier molecular flexibility index (Phi) is 3.80. The van der Waals surface area contributed by atoms with E-state index < -0.39 is 0 Å². The molecule has 1 nitrogen and oxygen atoms in total. The Morgan fingerprint density at radius 1 is 0.952 bits per heavy atom. The van der Waals surface area contributed by atoms with E-state index in [1.54, 1.807) is 0 Å². The van der Waals surface area contributed by atoms with Crippen LogP contribution in [-0.2, 0) is 4.74 Å². The summed E-state index contributed by atoms with van der Waals surface area (Å²) in [5.41, 5.74) is 1.10. The molecule has 5 atom stereocenters. The Hall–Kier alpha value is -0.300. The van der Waals surface area contributed by atoms with Crippen molar-refractivity contribution in [2.75, 3.05) is 6.61 Å². The highest BCUT2D eigenvalue weighted by atomic mass is 16.5. The van der Waals surface area contributed by atoms with E-state index in [1.165, 1.54) is 44.9 Å². The molecule has 0 radical (unpaired) electrons. The van der Waals surface area contributed by atoms with Crippen LogP contribution in [0.1, 0.15) is 72.6 Å². The van der Waals surface area contributed by atoms with Gasteiger partial charge < -0.3 is 4.74 Å². The van der Waals surface area contributed by atoms with E-state index in [4.69, 9.17) is 4.74 Å². The molecule has 0 aromatic carbocycles. The smallest absolute Gasteiger partial charge is 0.0688 e. The fraction of sp³-hybridized carbons (Fsp3) is 0.900. The summed E-state index contributed by atoms with van der Waals surface area (Å²) in [5.74, 6) is 2.17. The summed E-state index contributed by atoms with van der Waals surface area (Å²) in [6.07, 6.45) is 11.5. The topological polar surface area (TPSA) is 9.23 Å². The van der Waals surface area contributed by atoms with E-state index in [0.29, 0.717) is 16.7 Å². The summed E-state index contributed by atoms with van der Waals surface area (Å²) in [5, 5.41) is 0. The first-order valence-electron chi connectivity index (χ1n) is 9.08. The lowest BCUT2D eigenvalue weighted by Gasteiger charge is -2.62. The minimum Gasteiger partial charge on any atom is -0.374 e. The minimum absolute atomic E-state index is 0.108. The molecule has 21 heavy (non-hydrogen) atoms. The second kappa shape index (κ2) is 5.11. The van der Waals surface area contributed by atoms with Crippen LogP contribution in [0.25, 0.3) is 0 Å². The molecule has 3 rings (SSSR count). The number of ether oxygens (including phenoxy) is 1. The number of rotatable bonds is 1. The third kappa shape index (κ3) is 2.40. The van der Waals surface area contributed by atoms with Crippen molar-refractivity contribution < 1.29 is 4.74 Å². The molecule has 1 saturated heterocycles. The van der Waals surface area contributed by atoms with Crippen LogP contribution in [0, 0.1) is 28.6 Å². The lowest BCUT2D eigenvalue weighted by Crippen LogP contribution is -2.58. The predicted molar refractivity (Wildman–Crippen MR) is 89.2 cm³/mol. The molecule has 2 aliphatic carbocycles. The standard InChI is InChI=1S/C20H34O/c1-6-15-8-9-17-19(4)12-7-11-18(2,3)16(19)10-13-20(17,5)21-14-15/h6,15-17H,1,7-14H2,2-5H3. The Bertz CT molecular complexity index is 412. The third-order valence-electron chi connectivity index (χ3n) is 7.53. The van der Waals surface area contributed by atoms with Crippen LogP contribution in [-0.4, -0.2) is 12.2 Å². The summed E-state index contributed by atoms with van der Waals surface area (Å²) in [4.78, 5) is 0. The van der Waals surface area contributed by atoms with Gasteiger partial charge >= 0.3 is 0 Å². The number of hydrogen-bond acceptors (Lipinski definition) is 1. The molecule has 5 unspecified atom stereocenters. The molecule has 0 spiro atoms.